The summed E-state index contributed by atoms with van der Waals surface area (Å²) in [5.41, 5.74) is 0. The summed E-state index contributed by atoms with van der Waals surface area (Å²) in [6, 6.07) is 0. The van der Waals surface area contributed by atoms with Crippen molar-refractivity contribution in [2.75, 3.05) is 0 Å². The molecule has 0 spiro atoms. The molecule has 0 saturated carbocycles. The lowest BCUT2D eigenvalue weighted by Crippen LogP contribution is -2.28. The topological polar surface area (TPSA) is 37.6 Å². The van der Waals surface area contributed by atoms with Gasteiger partial charge in [0.05, 0.1) is 6.20 Å². The minimum Gasteiger partial charge on any atom is -0.293 e. The van der Waals surface area contributed by atoms with Crippen LogP contribution in [0.5, 0.6) is 0 Å². The molecule has 0 radical (unpaired) electrons. The Morgan fingerprint density at radius 1 is 1.62 bits per heavy atom. The van der Waals surface area contributed by atoms with Gasteiger partial charge in [0.25, 0.3) is 0 Å². The van der Waals surface area contributed by atoms with Gasteiger partial charge in [-0.05, 0) is 0 Å². The van der Waals surface area contributed by atoms with E-state index in [9.17, 15) is 18.1 Å². The molecule has 0 aliphatic rings. The van der Waals surface area contributed by atoms with Crippen LogP contribution in [-0.4, -0.2) is 26.8 Å². The Kier molecular flexibility index (Phi) is 2.82. The molecule has 86 valence electrons. The monoisotopic (exact) mass is 249 g/mol. The second-order valence-corrected chi connectivity index (χ2v) is 3.87. The van der Waals surface area contributed by atoms with Gasteiger partial charge in [0.1, 0.15) is 17.2 Å². The maximum atomic E-state index is 13.0. The number of carbonyl (C=O) groups excluding carboxylic acids is 1. The van der Waals surface area contributed by atoms with Crippen molar-refractivity contribution in [3.05, 3.63) is 23.6 Å². The lowest BCUT2D eigenvalue weighted by molar-refractivity contribution is -0.160. The SMILES string of the molecule is O=C(C(F)F)N(F)Cc1ncc2sccn12. The number of nitrogens with zero attached hydrogens (tertiary/aromatic N) is 3. The Hall–Kier alpha value is -1.57. The van der Waals surface area contributed by atoms with E-state index in [-0.39, 0.29) is 5.82 Å². The maximum Gasteiger partial charge on any atom is 0.318 e. The molecule has 0 saturated heterocycles. The van der Waals surface area contributed by atoms with E-state index in [2.05, 4.69) is 4.98 Å². The number of thiazole rings is 1. The Morgan fingerprint density at radius 3 is 3.06 bits per heavy atom. The van der Waals surface area contributed by atoms with Crippen LogP contribution in [0.25, 0.3) is 4.83 Å². The molecule has 16 heavy (non-hydrogen) atoms. The number of imidazole rings is 1. The van der Waals surface area contributed by atoms with Gasteiger partial charge >= 0.3 is 12.3 Å². The zero-order chi connectivity index (χ0) is 11.7. The van der Waals surface area contributed by atoms with E-state index >= 15 is 0 Å². The van der Waals surface area contributed by atoms with Gasteiger partial charge in [-0.1, -0.05) is 4.48 Å². The van der Waals surface area contributed by atoms with E-state index in [1.807, 2.05) is 0 Å². The van der Waals surface area contributed by atoms with Gasteiger partial charge in [0, 0.05) is 11.6 Å². The normalized spacial score (nSPS) is 11.2. The fraction of sp³-hybridized carbons (Fsp3) is 0.250. The van der Waals surface area contributed by atoms with Gasteiger partial charge in [-0.25, -0.2) is 4.98 Å². The van der Waals surface area contributed by atoms with E-state index in [1.54, 1.807) is 11.6 Å². The minimum atomic E-state index is -3.34. The van der Waals surface area contributed by atoms with E-state index in [0.717, 1.165) is 4.83 Å². The molecule has 0 fully saturated rings. The second-order valence-electron chi connectivity index (χ2n) is 2.94. The van der Waals surface area contributed by atoms with Crippen LogP contribution in [0.2, 0.25) is 0 Å². The number of hydrogen-bond acceptors (Lipinski definition) is 3. The van der Waals surface area contributed by atoms with Gasteiger partial charge in [-0.2, -0.15) is 13.9 Å². The molecule has 2 rings (SSSR count). The average molecular weight is 249 g/mol. The van der Waals surface area contributed by atoms with Gasteiger partial charge in [0.15, 0.2) is 0 Å². The van der Waals surface area contributed by atoms with E-state index in [1.165, 1.54) is 21.9 Å². The summed E-state index contributed by atoms with van der Waals surface area (Å²) < 4.78 is 38.3. The fourth-order valence-corrected chi connectivity index (χ4v) is 1.93. The largest absolute Gasteiger partial charge is 0.318 e. The average Bonchev–Trinajstić information content (AvgIpc) is 2.81. The van der Waals surface area contributed by atoms with Crippen LogP contribution in [0.3, 0.4) is 0 Å². The number of hydrogen-bond donors (Lipinski definition) is 0. The predicted octanol–water partition coefficient (Wildman–Crippen LogP) is 1.87. The first-order valence-electron chi connectivity index (χ1n) is 4.24. The predicted molar refractivity (Wildman–Crippen MR) is 50.7 cm³/mol. The molecule has 2 aromatic rings. The second kappa shape index (κ2) is 4.12. The Balaban J connectivity index is 2.16. The van der Waals surface area contributed by atoms with E-state index in [0.29, 0.717) is 0 Å². The number of alkyl halides is 2. The van der Waals surface area contributed by atoms with E-state index < -0.39 is 24.0 Å². The molecular weight excluding hydrogens is 243 g/mol. The summed E-state index contributed by atoms with van der Waals surface area (Å²) in [5.74, 6) is -1.65. The summed E-state index contributed by atoms with van der Waals surface area (Å²) in [4.78, 5) is 15.2. The first kappa shape index (κ1) is 10.9. The summed E-state index contributed by atoms with van der Waals surface area (Å²) in [6.45, 7) is -0.589. The lowest BCUT2D eigenvalue weighted by atomic mass is 10.5. The van der Waals surface area contributed by atoms with Crippen molar-refractivity contribution < 1.29 is 18.1 Å². The first-order chi connectivity index (χ1) is 7.59. The van der Waals surface area contributed by atoms with Crippen molar-refractivity contribution in [3.63, 3.8) is 0 Å². The summed E-state index contributed by atoms with van der Waals surface area (Å²) in [7, 11) is 0. The highest BCUT2D eigenvalue weighted by molar-refractivity contribution is 7.15. The summed E-state index contributed by atoms with van der Waals surface area (Å²) in [6.07, 6.45) is -0.230. The van der Waals surface area contributed by atoms with Crippen molar-refractivity contribution in [2.24, 2.45) is 0 Å². The number of fused-ring (bicyclic) bond motifs is 1. The standard InChI is InChI=1S/C8H6F3N3OS/c9-7(10)8(15)14(11)4-5-12-3-6-13(5)1-2-16-6/h1-3,7H,4H2. The Bertz CT molecular complexity index is 509. The summed E-state index contributed by atoms with van der Waals surface area (Å²) in [5, 5.41) is 1.22. The van der Waals surface area contributed by atoms with Crippen LogP contribution in [0.15, 0.2) is 17.8 Å². The third-order valence-corrected chi connectivity index (χ3v) is 2.75. The molecule has 2 heterocycles. The highest BCUT2D eigenvalue weighted by atomic mass is 32.1. The molecule has 4 nitrogen and oxygen atoms in total. The maximum absolute atomic E-state index is 13.0. The zero-order valence-electron chi connectivity index (χ0n) is 7.81. The van der Waals surface area contributed by atoms with Crippen LogP contribution >= 0.6 is 11.3 Å². The molecule has 0 bridgehead atoms. The smallest absolute Gasteiger partial charge is 0.293 e. The molecule has 0 aliphatic heterocycles. The third kappa shape index (κ3) is 1.87. The number of rotatable bonds is 3. The van der Waals surface area contributed by atoms with Crippen molar-refractivity contribution in [1.29, 1.82) is 0 Å². The lowest BCUT2D eigenvalue weighted by Gasteiger charge is -2.09. The van der Waals surface area contributed by atoms with Gasteiger partial charge in [-0.3, -0.25) is 9.20 Å². The number of amides is 1. The van der Waals surface area contributed by atoms with Crippen molar-refractivity contribution >= 4 is 22.1 Å². The summed E-state index contributed by atoms with van der Waals surface area (Å²) >= 11 is 1.38. The number of halogens is 3. The van der Waals surface area contributed by atoms with Crippen molar-refractivity contribution in [1.82, 2.24) is 14.5 Å². The molecular formula is C8H6F3N3OS. The van der Waals surface area contributed by atoms with Crippen LogP contribution < -0.4 is 0 Å². The molecule has 8 heteroatoms. The highest BCUT2D eigenvalue weighted by Gasteiger charge is 2.24. The van der Waals surface area contributed by atoms with E-state index in [4.69, 9.17) is 0 Å². The van der Waals surface area contributed by atoms with Crippen LogP contribution in [0, 0.1) is 0 Å². The van der Waals surface area contributed by atoms with Gasteiger partial charge < -0.3 is 0 Å². The first-order valence-corrected chi connectivity index (χ1v) is 5.12. The van der Waals surface area contributed by atoms with Crippen LogP contribution in [0.4, 0.5) is 13.3 Å². The fourth-order valence-electron chi connectivity index (χ4n) is 1.21. The molecule has 0 aliphatic carbocycles. The molecule has 0 N–H and O–H groups in total. The Labute approximate surface area is 91.9 Å². The van der Waals surface area contributed by atoms with Crippen LogP contribution in [0.1, 0.15) is 5.82 Å². The zero-order valence-corrected chi connectivity index (χ0v) is 8.63. The molecule has 2 aromatic heterocycles. The third-order valence-electron chi connectivity index (χ3n) is 1.94. The molecule has 0 unspecified atom stereocenters. The molecule has 0 atom stereocenters. The molecule has 1 amide bonds. The molecule has 0 aromatic carbocycles. The van der Waals surface area contributed by atoms with Crippen LogP contribution in [-0.2, 0) is 11.3 Å². The quantitative estimate of drug-likeness (QED) is 0.779. The number of carbonyl (C=O) groups is 1. The number of aromatic nitrogens is 2. The van der Waals surface area contributed by atoms with Crippen molar-refractivity contribution in [2.45, 2.75) is 13.0 Å². The minimum absolute atomic E-state index is 0.202. The van der Waals surface area contributed by atoms with Gasteiger partial charge in [-0.15, -0.1) is 11.3 Å². The highest BCUT2D eigenvalue weighted by Crippen LogP contribution is 2.15. The van der Waals surface area contributed by atoms with Crippen molar-refractivity contribution in [3.8, 4) is 0 Å². The van der Waals surface area contributed by atoms with Gasteiger partial charge in [0.2, 0.25) is 0 Å². The Morgan fingerprint density at radius 2 is 2.38 bits per heavy atom.